The molecule has 100 valence electrons. The molecule has 0 fully saturated rings. The molecule has 0 aromatic rings. The van der Waals surface area contributed by atoms with E-state index in [2.05, 4.69) is 0 Å². The smallest absolute Gasteiger partial charge is 0.306 e. The van der Waals surface area contributed by atoms with Crippen molar-refractivity contribution >= 4 is 11.8 Å². The van der Waals surface area contributed by atoms with Gasteiger partial charge in [0.15, 0.2) is 11.4 Å². The van der Waals surface area contributed by atoms with Crippen molar-refractivity contribution in [2.45, 2.75) is 44.8 Å². The van der Waals surface area contributed by atoms with E-state index in [0.717, 1.165) is 0 Å². The number of aliphatic hydroxyl groups excluding tert-OH is 2. The molecule has 3 N–H and O–H groups in total. The van der Waals surface area contributed by atoms with Crippen LogP contribution in [0.25, 0.3) is 0 Å². The van der Waals surface area contributed by atoms with Crippen molar-refractivity contribution < 1.29 is 29.6 Å². The lowest BCUT2D eigenvalue weighted by Crippen LogP contribution is -2.47. The van der Waals surface area contributed by atoms with Crippen LogP contribution in [0, 0.1) is 0 Å². The van der Waals surface area contributed by atoms with Crippen molar-refractivity contribution in [3.05, 3.63) is 0 Å². The predicted octanol–water partition coefficient (Wildman–Crippen LogP) is -0.607. The van der Waals surface area contributed by atoms with Crippen LogP contribution in [0.3, 0.4) is 0 Å². The van der Waals surface area contributed by atoms with Gasteiger partial charge in [-0.2, -0.15) is 0 Å². The average molecular weight is 248 g/mol. The molecule has 0 aliphatic rings. The van der Waals surface area contributed by atoms with Gasteiger partial charge in [0.1, 0.15) is 6.10 Å². The highest BCUT2D eigenvalue weighted by atomic mass is 16.5. The van der Waals surface area contributed by atoms with Crippen LogP contribution in [0.4, 0.5) is 0 Å². The summed E-state index contributed by atoms with van der Waals surface area (Å²) in [5.41, 5.74) is -2.16. The first-order chi connectivity index (χ1) is 7.89. The molecule has 1 unspecified atom stereocenters. The minimum atomic E-state index is -2.16. The van der Waals surface area contributed by atoms with E-state index in [4.69, 9.17) is 14.9 Å². The molecule has 0 bridgehead atoms. The number of rotatable bonds is 8. The molecule has 0 aliphatic heterocycles. The fourth-order valence-corrected chi connectivity index (χ4v) is 1.21. The molecule has 6 heteroatoms. The number of ether oxygens (including phenoxy) is 1. The van der Waals surface area contributed by atoms with Crippen LogP contribution in [0.5, 0.6) is 0 Å². The lowest BCUT2D eigenvalue weighted by Gasteiger charge is -2.23. The van der Waals surface area contributed by atoms with Gasteiger partial charge in [-0.25, -0.2) is 0 Å². The first-order valence-electron chi connectivity index (χ1n) is 5.56. The molecule has 17 heavy (non-hydrogen) atoms. The van der Waals surface area contributed by atoms with Crippen molar-refractivity contribution in [3.63, 3.8) is 0 Å². The van der Waals surface area contributed by atoms with E-state index in [1.165, 1.54) is 6.92 Å². The zero-order valence-corrected chi connectivity index (χ0v) is 10.2. The maximum absolute atomic E-state index is 11.5. The van der Waals surface area contributed by atoms with E-state index in [-0.39, 0.29) is 12.8 Å². The Labute approximate surface area is 100 Å². The van der Waals surface area contributed by atoms with E-state index in [0.29, 0.717) is 6.42 Å². The van der Waals surface area contributed by atoms with Gasteiger partial charge in [-0.3, -0.25) is 9.59 Å². The fourth-order valence-electron chi connectivity index (χ4n) is 1.21. The Bertz CT molecular complexity index is 259. The zero-order valence-electron chi connectivity index (χ0n) is 10.2. The van der Waals surface area contributed by atoms with Crippen LogP contribution >= 0.6 is 0 Å². The molecule has 0 spiro atoms. The summed E-state index contributed by atoms with van der Waals surface area (Å²) < 4.78 is 4.91. The highest BCUT2D eigenvalue weighted by Crippen LogP contribution is 2.11. The third-order valence-electron chi connectivity index (χ3n) is 2.30. The number of Topliss-reactive ketones (excluding diaryl/α,β-unsaturated/α-hetero) is 1. The molecule has 0 heterocycles. The van der Waals surface area contributed by atoms with Gasteiger partial charge in [-0.05, 0) is 13.3 Å². The normalized spacial score (nSPS) is 13.2. The van der Waals surface area contributed by atoms with Gasteiger partial charge in [-0.15, -0.1) is 0 Å². The number of aliphatic hydroxyl groups is 3. The van der Waals surface area contributed by atoms with Gasteiger partial charge in [0, 0.05) is 12.8 Å². The number of carbonyl (C=O) groups is 2. The van der Waals surface area contributed by atoms with Crippen molar-refractivity contribution in [3.8, 4) is 0 Å². The topological polar surface area (TPSA) is 104 Å². The Morgan fingerprint density at radius 1 is 1.29 bits per heavy atom. The van der Waals surface area contributed by atoms with Gasteiger partial charge >= 0.3 is 5.97 Å². The summed E-state index contributed by atoms with van der Waals surface area (Å²) in [7, 11) is 0. The second-order valence-corrected chi connectivity index (χ2v) is 4.03. The molecule has 0 rings (SSSR count). The molecule has 0 aromatic heterocycles. The summed E-state index contributed by atoms with van der Waals surface area (Å²) in [4.78, 5) is 22.6. The maximum Gasteiger partial charge on any atom is 0.306 e. The molecule has 0 aliphatic carbocycles. The van der Waals surface area contributed by atoms with Gasteiger partial charge in [0.25, 0.3) is 0 Å². The number of carbonyl (C=O) groups excluding carboxylic acids is 2. The zero-order chi connectivity index (χ0) is 13.5. The average Bonchev–Trinajstić information content (AvgIpc) is 2.27. The molecule has 6 nitrogen and oxygen atoms in total. The van der Waals surface area contributed by atoms with Crippen molar-refractivity contribution in [2.24, 2.45) is 0 Å². The van der Waals surface area contributed by atoms with Crippen molar-refractivity contribution in [1.29, 1.82) is 0 Å². The van der Waals surface area contributed by atoms with Gasteiger partial charge in [0.2, 0.25) is 0 Å². The minimum absolute atomic E-state index is 0.243. The molecule has 0 saturated heterocycles. The second kappa shape index (κ2) is 7.37. The molecule has 0 radical (unpaired) electrons. The molecular weight excluding hydrogens is 228 g/mol. The minimum Gasteiger partial charge on any atom is -0.462 e. The predicted molar refractivity (Wildman–Crippen MR) is 59.2 cm³/mol. The lowest BCUT2D eigenvalue weighted by molar-refractivity contribution is -0.155. The van der Waals surface area contributed by atoms with Crippen LogP contribution in [-0.2, 0) is 14.3 Å². The molecular formula is C11H20O6. The molecule has 0 amide bonds. The van der Waals surface area contributed by atoms with Crippen molar-refractivity contribution in [2.75, 3.05) is 13.2 Å². The lowest BCUT2D eigenvalue weighted by atomic mass is 9.96. The van der Waals surface area contributed by atoms with Crippen LogP contribution in [0.15, 0.2) is 0 Å². The standard InChI is InChI=1S/C11H20O6/c1-3-4-10(15)17-8(2)5-9(14)11(16,6-12)7-13/h8,12-13,16H,3-7H2,1-2H3. The first kappa shape index (κ1) is 16.0. The summed E-state index contributed by atoms with van der Waals surface area (Å²) in [6.07, 6.45) is -0.0155. The van der Waals surface area contributed by atoms with Crippen LogP contribution in [0.2, 0.25) is 0 Å². The number of ketones is 1. The van der Waals surface area contributed by atoms with E-state index >= 15 is 0 Å². The Morgan fingerprint density at radius 3 is 2.24 bits per heavy atom. The number of esters is 1. The van der Waals surface area contributed by atoms with Gasteiger partial charge < -0.3 is 20.1 Å². The third kappa shape index (κ3) is 5.25. The van der Waals surface area contributed by atoms with E-state index < -0.39 is 36.7 Å². The van der Waals surface area contributed by atoms with E-state index in [9.17, 15) is 14.7 Å². The fraction of sp³-hybridized carbons (Fsp3) is 0.818. The molecule has 0 aromatic carbocycles. The maximum atomic E-state index is 11.5. The summed E-state index contributed by atoms with van der Waals surface area (Å²) in [5, 5.41) is 27.1. The van der Waals surface area contributed by atoms with E-state index in [1.54, 1.807) is 0 Å². The number of hydrogen-bond donors (Lipinski definition) is 3. The second-order valence-electron chi connectivity index (χ2n) is 4.03. The summed E-state index contributed by atoms with van der Waals surface area (Å²) in [5.74, 6) is -1.16. The largest absolute Gasteiger partial charge is 0.462 e. The summed E-state index contributed by atoms with van der Waals surface area (Å²) in [6.45, 7) is 1.61. The van der Waals surface area contributed by atoms with Gasteiger partial charge in [-0.1, -0.05) is 6.92 Å². The summed E-state index contributed by atoms with van der Waals surface area (Å²) in [6, 6.07) is 0. The Kier molecular flexibility index (Phi) is 6.94. The molecule has 1 atom stereocenters. The van der Waals surface area contributed by atoms with Crippen LogP contribution in [-0.4, -0.2) is 52.0 Å². The van der Waals surface area contributed by atoms with Crippen molar-refractivity contribution in [1.82, 2.24) is 0 Å². The van der Waals surface area contributed by atoms with E-state index in [1.807, 2.05) is 6.92 Å². The van der Waals surface area contributed by atoms with Crippen LogP contribution < -0.4 is 0 Å². The Morgan fingerprint density at radius 2 is 1.82 bits per heavy atom. The Hall–Kier alpha value is -0.980. The molecule has 0 saturated carbocycles. The highest BCUT2D eigenvalue weighted by Gasteiger charge is 2.35. The first-order valence-corrected chi connectivity index (χ1v) is 5.56. The quantitative estimate of drug-likeness (QED) is 0.495. The highest BCUT2D eigenvalue weighted by molar-refractivity contribution is 5.88. The SMILES string of the molecule is CCCC(=O)OC(C)CC(=O)C(O)(CO)CO. The van der Waals surface area contributed by atoms with Crippen LogP contribution in [0.1, 0.15) is 33.1 Å². The number of hydrogen-bond acceptors (Lipinski definition) is 6. The van der Waals surface area contributed by atoms with Gasteiger partial charge in [0.05, 0.1) is 13.2 Å². The monoisotopic (exact) mass is 248 g/mol. The third-order valence-corrected chi connectivity index (χ3v) is 2.30. The summed E-state index contributed by atoms with van der Waals surface area (Å²) >= 11 is 0. The Balaban J connectivity index is 4.24.